The molecule has 2 nitrogen and oxygen atoms in total. The number of benzene rings is 1. The number of hydrogen-bond donors (Lipinski definition) is 1. The van der Waals surface area contributed by atoms with Crippen LogP contribution in [-0.2, 0) is 6.54 Å². The van der Waals surface area contributed by atoms with E-state index in [1.807, 2.05) is 23.1 Å². The Morgan fingerprint density at radius 1 is 1.21 bits per heavy atom. The maximum atomic E-state index is 4.66. The van der Waals surface area contributed by atoms with Crippen molar-refractivity contribution in [2.24, 2.45) is 4.99 Å². The molecule has 1 aromatic carbocycles. The Balaban J connectivity index is 1.62. The monoisotopic (exact) mass is 288 g/mol. The minimum Gasteiger partial charge on any atom is -0.357 e. The predicted molar refractivity (Wildman–Crippen MR) is 85.0 cm³/mol. The van der Waals surface area contributed by atoms with Gasteiger partial charge in [-0.25, -0.2) is 0 Å². The van der Waals surface area contributed by atoms with Crippen molar-refractivity contribution >= 4 is 28.3 Å². The van der Waals surface area contributed by atoms with E-state index < -0.39 is 0 Å². The van der Waals surface area contributed by atoms with Gasteiger partial charge in [-0.3, -0.25) is 4.99 Å². The smallest absolute Gasteiger partial charge is 0.157 e. The van der Waals surface area contributed by atoms with Crippen LogP contribution in [0.5, 0.6) is 0 Å². The first kappa shape index (κ1) is 12.8. The van der Waals surface area contributed by atoms with Gasteiger partial charge in [0.15, 0.2) is 5.17 Å². The summed E-state index contributed by atoms with van der Waals surface area (Å²) in [4.78, 5) is 7.34. The molecule has 1 aromatic heterocycles. The van der Waals surface area contributed by atoms with Gasteiger partial charge in [-0.05, 0) is 24.6 Å². The molecule has 2 heterocycles. The number of nitrogens with one attached hydrogen (secondary N) is 1. The largest absolute Gasteiger partial charge is 0.357 e. The number of amidine groups is 1. The van der Waals surface area contributed by atoms with Crippen molar-refractivity contribution in [2.75, 3.05) is 5.75 Å². The van der Waals surface area contributed by atoms with Crippen LogP contribution in [0.3, 0.4) is 0 Å². The zero-order valence-corrected chi connectivity index (χ0v) is 12.4. The van der Waals surface area contributed by atoms with Gasteiger partial charge in [-0.15, -0.1) is 11.3 Å². The molecule has 1 N–H and O–H groups in total. The molecule has 0 spiro atoms. The highest BCUT2D eigenvalue weighted by molar-refractivity contribution is 8.14. The van der Waals surface area contributed by atoms with E-state index in [0.717, 1.165) is 17.5 Å². The second-order valence-corrected chi connectivity index (χ2v) is 6.93. The zero-order valence-electron chi connectivity index (χ0n) is 10.8. The molecule has 0 radical (unpaired) electrons. The summed E-state index contributed by atoms with van der Waals surface area (Å²) in [5.41, 5.74) is 1.34. The van der Waals surface area contributed by atoms with Crippen LogP contribution in [0.2, 0.25) is 0 Å². The van der Waals surface area contributed by atoms with Crippen molar-refractivity contribution in [3.8, 4) is 0 Å². The summed E-state index contributed by atoms with van der Waals surface area (Å²) in [5, 5.41) is 4.57. The molecule has 1 fully saturated rings. The molecule has 0 saturated carbocycles. The molecule has 1 saturated heterocycles. The average molecular weight is 288 g/mol. The molecule has 4 heteroatoms. The van der Waals surface area contributed by atoms with E-state index in [1.165, 1.54) is 15.3 Å². The van der Waals surface area contributed by atoms with Gasteiger partial charge in [0.25, 0.3) is 0 Å². The maximum absolute atomic E-state index is 4.66. The third-order valence-electron chi connectivity index (χ3n) is 3.06. The van der Waals surface area contributed by atoms with E-state index in [-0.39, 0.29) is 0 Å². The SMILES string of the molecule is Cc1ccc(CN=C2NC(c3ccccc3)CS2)s1. The summed E-state index contributed by atoms with van der Waals surface area (Å²) in [5.74, 6) is 1.06. The van der Waals surface area contributed by atoms with E-state index >= 15 is 0 Å². The minimum atomic E-state index is 0.398. The molecule has 0 bridgehead atoms. The van der Waals surface area contributed by atoms with Crippen LogP contribution in [0.1, 0.15) is 21.4 Å². The number of nitrogens with zero attached hydrogens (tertiary/aromatic N) is 1. The zero-order chi connectivity index (χ0) is 13.1. The van der Waals surface area contributed by atoms with Gasteiger partial charge in [0.1, 0.15) is 0 Å². The number of rotatable bonds is 3. The second kappa shape index (κ2) is 5.80. The van der Waals surface area contributed by atoms with E-state index in [4.69, 9.17) is 0 Å². The maximum Gasteiger partial charge on any atom is 0.157 e. The van der Waals surface area contributed by atoms with Crippen molar-refractivity contribution in [3.63, 3.8) is 0 Å². The van der Waals surface area contributed by atoms with Crippen molar-refractivity contribution in [1.29, 1.82) is 0 Å². The summed E-state index contributed by atoms with van der Waals surface area (Å²) in [7, 11) is 0. The Kier molecular flexibility index (Phi) is 3.89. The van der Waals surface area contributed by atoms with Crippen molar-refractivity contribution < 1.29 is 0 Å². The third kappa shape index (κ3) is 3.19. The average Bonchev–Trinajstić information content (AvgIpc) is 3.06. The molecule has 1 aliphatic rings. The Morgan fingerprint density at radius 2 is 2.05 bits per heavy atom. The summed E-state index contributed by atoms with van der Waals surface area (Å²) in [6, 6.07) is 15.3. The Bertz CT molecular complexity index is 575. The quantitative estimate of drug-likeness (QED) is 0.923. The van der Waals surface area contributed by atoms with Crippen molar-refractivity contribution in [2.45, 2.75) is 19.5 Å². The fraction of sp³-hybridized carbons (Fsp3) is 0.267. The van der Waals surface area contributed by atoms with Gasteiger partial charge in [-0.2, -0.15) is 0 Å². The molecular formula is C15H16N2S2. The van der Waals surface area contributed by atoms with E-state index in [9.17, 15) is 0 Å². The van der Waals surface area contributed by atoms with E-state index in [1.54, 1.807) is 0 Å². The third-order valence-corrected chi connectivity index (χ3v) is 5.07. The first-order valence-electron chi connectivity index (χ1n) is 6.35. The Labute approximate surface area is 122 Å². The van der Waals surface area contributed by atoms with E-state index in [0.29, 0.717) is 6.04 Å². The topological polar surface area (TPSA) is 24.4 Å². The van der Waals surface area contributed by atoms with Crippen LogP contribution < -0.4 is 5.32 Å². The van der Waals surface area contributed by atoms with Gasteiger partial charge in [-0.1, -0.05) is 42.1 Å². The molecule has 2 aromatic rings. The highest BCUT2D eigenvalue weighted by Gasteiger charge is 2.21. The fourth-order valence-electron chi connectivity index (χ4n) is 2.07. The number of aliphatic imine (C=N–C) groups is 1. The second-order valence-electron chi connectivity index (χ2n) is 4.55. The number of thioether (sulfide) groups is 1. The van der Waals surface area contributed by atoms with Crippen molar-refractivity contribution in [3.05, 3.63) is 57.8 Å². The lowest BCUT2D eigenvalue weighted by Crippen LogP contribution is -2.19. The normalized spacial score (nSPS) is 20.7. The number of hydrogen-bond acceptors (Lipinski definition) is 3. The molecular weight excluding hydrogens is 272 g/mol. The number of aryl methyl sites for hydroxylation is 1. The molecule has 98 valence electrons. The van der Waals surface area contributed by atoms with Crippen LogP contribution in [-0.4, -0.2) is 10.9 Å². The highest BCUT2D eigenvalue weighted by Crippen LogP contribution is 2.26. The molecule has 3 rings (SSSR count). The summed E-state index contributed by atoms with van der Waals surface area (Å²) in [6.07, 6.45) is 0. The molecule has 1 atom stereocenters. The summed E-state index contributed by atoms with van der Waals surface area (Å²) in [6.45, 7) is 2.92. The van der Waals surface area contributed by atoms with Crippen molar-refractivity contribution in [1.82, 2.24) is 5.32 Å². The van der Waals surface area contributed by atoms with Gasteiger partial charge in [0.2, 0.25) is 0 Å². The summed E-state index contributed by atoms with van der Waals surface area (Å²) >= 11 is 3.64. The number of thiophene rings is 1. The Morgan fingerprint density at radius 3 is 2.79 bits per heavy atom. The summed E-state index contributed by atoms with van der Waals surface area (Å²) < 4.78 is 0. The first-order chi connectivity index (χ1) is 9.31. The lowest BCUT2D eigenvalue weighted by Gasteiger charge is -2.09. The predicted octanol–water partition coefficient (Wildman–Crippen LogP) is 3.99. The van der Waals surface area contributed by atoms with Gasteiger partial charge < -0.3 is 5.32 Å². The molecule has 1 unspecified atom stereocenters. The van der Waals surface area contributed by atoms with Crippen LogP contribution in [0.4, 0.5) is 0 Å². The minimum absolute atomic E-state index is 0.398. The first-order valence-corrected chi connectivity index (χ1v) is 8.15. The van der Waals surface area contributed by atoms with E-state index in [2.05, 4.69) is 59.7 Å². The molecule has 1 aliphatic heterocycles. The lowest BCUT2D eigenvalue weighted by molar-refractivity contribution is 0.749. The Hall–Kier alpha value is -1.26. The van der Waals surface area contributed by atoms with Gasteiger partial charge >= 0.3 is 0 Å². The van der Waals surface area contributed by atoms with Crippen LogP contribution in [0, 0.1) is 6.92 Å². The van der Waals surface area contributed by atoms with Crippen LogP contribution in [0.25, 0.3) is 0 Å². The molecule has 0 aliphatic carbocycles. The standard InChI is InChI=1S/C15H16N2S2/c1-11-7-8-13(19-11)9-16-15-17-14(10-18-15)12-5-3-2-4-6-12/h2-8,14H,9-10H2,1H3,(H,16,17). The van der Waals surface area contributed by atoms with Crippen LogP contribution >= 0.6 is 23.1 Å². The van der Waals surface area contributed by atoms with Crippen LogP contribution in [0.15, 0.2) is 47.5 Å². The molecule has 19 heavy (non-hydrogen) atoms. The van der Waals surface area contributed by atoms with Gasteiger partial charge in [0, 0.05) is 15.5 Å². The lowest BCUT2D eigenvalue weighted by atomic mass is 10.1. The highest BCUT2D eigenvalue weighted by atomic mass is 32.2. The van der Waals surface area contributed by atoms with Gasteiger partial charge in [0.05, 0.1) is 12.6 Å². The molecule has 0 amide bonds. The fourth-order valence-corrected chi connectivity index (χ4v) is 3.87.